The van der Waals surface area contributed by atoms with Gasteiger partial charge in [0.25, 0.3) is 5.91 Å². The van der Waals surface area contributed by atoms with Gasteiger partial charge in [0.1, 0.15) is 5.82 Å². The minimum atomic E-state index is -0.369. The van der Waals surface area contributed by atoms with Crippen LogP contribution in [0.3, 0.4) is 0 Å². The van der Waals surface area contributed by atoms with Gasteiger partial charge in [-0.25, -0.2) is 4.39 Å². The van der Waals surface area contributed by atoms with Crippen molar-refractivity contribution >= 4 is 5.91 Å². The first kappa shape index (κ1) is 9.78. The number of hydrogen-bond donors (Lipinski definition) is 1. The fourth-order valence-corrected chi connectivity index (χ4v) is 2.54. The van der Waals surface area contributed by atoms with Crippen LogP contribution in [0, 0.1) is 17.7 Å². The van der Waals surface area contributed by atoms with Crippen LogP contribution in [0.2, 0.25) is 0 Å². The first-order chi connectivity index (χ1) is 7.66. The van der Waals surface area contributed by atoms with Crippen LogP contribution in [-0.2, 0) is 0 Å². The lowest BCUT2D eigenvalue weighted by atomic mass is 10.2. The molecule has 16 heavy (non-hydrogen) atoms. The standard InChI is InChI=1S/C12H13FN2O/c13-8-3-1-2-7(4-8)12(16)15-5-9-10(6-15)11(9)14/h1-4,9-11H,5-6,14H2. The Bertz CT molecular complexity index is 436. The van der Waals surface area contributed by atoms with Crippen molar-refractivity contribution in [2.45, 2.75) is 6.04 Å². The Balaban J connectivity index is 1.75. The Labute approximate surface area is 93.0 Å². The summed E-state index contributed by atoms with van der Waals surface area (Å²) in [5.41, 5.74) is 6.22. The van der Waals surface area contributed by atoms with Crippen LogP contribution in [0.4, 0.5) is 4.39 Å². The van der Waals surface area contributed by atoms with E-state index in [1.165, 1.54) is 12.1 Å². The molecule has 1 amide bonds. The molecule has 0 radical (unpaired) electrons. The van der Waals surface area contributed by atoms with Gasteiger partial charge in [-0.15, -0.1) is 0 Å². The van der Waals surface area contributed by atoms with Crippen LogP contribution in [0.1, 0.15) is 10.4 Å². The molecule has 3 rings (SSSR count). The fourth-order valence-electron chi connectivity index (χ4n) is 2.54. The van der Waals surface area contributed by atoms with Crippen molar-refractivity contribution in [2.24, 2.45) is 17.6 Å². The Morgan fingerprint density at radius 1 is 1.38 bits per heavy atom. The highest BCUT2D eigenvalue weighted by Crippen LogP contribution is 2.44. The van der Waals surface area contributed by atoms with Crippen molar-refractivity contribution in [1.82, 2.24) is 4.90 Å². The molecule has 0 aromatic heterocycles. The molecule has 2 fully saturated rings. The molecule has 2 N–H and O–H groups in total. The Kier molecular flexibility index (Phi) is 2.01. The summed E-state index contributed by atoms with van der Waals surface area (Å²) in [6.45, 7) is 1.45. The number of nitrogens with zero attached hydrogens (tertiary/aromatic N) is 1. The molecule has 1 heterocycles. The maximum atomic E-state index is 13.0. The average molecular weight is 220 g/mol. The van der Waals surface area contributed by atoms with Crippen molar-refractivity contribution in [3.05, 3.63) is 35.6 Å². The van der Waals surface area contributed by atoms with E-state index >= 15 is 0 Å². The summed E-state index contributed by atoms with van der Waals surface area (Å²) in [4.78, 5) is 13.8. The molecule has 1 aliphatic carbocycles. The van der Waals surface area contributed by atoms with Crippen LogP contribution in [-0.4, -0.2) is 29.9 Å². The van der Waals surface area contributed by atoms with Gasteiger partial charge in [0, 0.05) is 24.7 Å². The van der Waals surface area contributed by atoms with Crippen LogP contribution in [0.25, 0.3) is 0 Å². The van der Waals surface area contributed by atoms with Crippen molar-refractivity contribution in [3.8, 4) is 0 Å². The number of carbonyl (C=O) groups is 1. The summed E-state index contributed by atoms with van der Waals surface area (Å²) < 4.78 is 13.0. The molecule has 1 saturated carbocycles. The molecular weight excluding hydrogens is 207 g/mol. The third-order valence-electron chi connectivity index (χ3n) is 3.62. The zero-order valence-electron chi connectivity index (χ0n) is 8.77. The number of hydrogen-bond acceptors (Lipinski definition) is 2. The normalized spacial score (nSPS) is 31.4. The van der Waals surface area contributed by atoms with Crippen LogP contribution >= 0.6 is 0 Å². The lowest BCUT2D eigenvalue weighted by Crippen LogP contribution is -2.33. The number of fused-ring (bicyclic) bond motifs is 1. The molecule has 84 valence electrons. The minimum Gasteiger partial charge on any atom is -0.338 e. The van der Waals surface area contributed by atoms with E-state index in [0.717, 1.165) is 13.1 Å². The maximum Gasteiger partial charge on any atom is 0.253 e. The molecule has 3 nitrogen and oxygen atoms in total. The van der Waals surface area contributed by atoms with Gasteiger partial charge in [-0.3, -0.25) is 4.79 Å². The molecule has 2 atom stereocenters. The van der Waals surface area contributed by atoms with E-state index in [1.54, 1.807) is 17.0 Å². The minimum absolute atomic E-state index is 0.0844. The monoisotopic (exact) mass is 220 g/mol. The summed E-state index contributed by atoms with van der Waals surface area (Å²) >= 11 is 0. The highest BCUT2D eigenvalue weighted by atomic mass is 19.1. The third-order valence-corrected chi connectivity index (χ3v) is 3.62. The predicted octanol–water partition coefficient (Wildman–Crippen LogP) is 0.855. The first-order valence-electron chi connectivity index (χ1n) is 5.47. The number of nitrogens with two attached hydrogens (primary N) is 1. The summed E-state index contributed by atoms with van der Waals surface area (Å²) in [5, 5.41) is 0. The van der Waals surface area contributed by atoms with Gasteiger partial charge >= 0.3 is 0 Å². The molecule has 2 aliphatic rings. The number of likely N-dealkylation sites (tertiary alicyclic amines) is 1. The van der Waals surface area contributed by atoms with Crippen LogP contribution in [0.15, 0.2) is 24.3 Å². The molecule has 1 saturated heterocycles. The number of amides is 1. The Morgan fingerprint density at radius 3 is 2.69 bits per heavy atom. The molecule has 1 aliphatic heterocycles. The fraction of sp³-hybridized carbons (Fsp3) is 0.417. The second-order valence-corrected chi connectivity index (χ2v) is 4.63. The lowest BCUT2D eigenvalue weighted by Gasteiger charge is -2.19. The number of piperidine rings is 1. The SMILES string of the molecule is NC1C2CN(C(=O)c3cccc(F)c3)CC12. The average Bonchev–Trinajstić information content (AvgIpc) is 2.74. The van der Waals surface area contributed by atoms with E-state index in [0.29, 0.717) is 17.4 Å². The molecule has 1 aromatic carbocycles. The molecule has 2 unspecified atom stereocenters. The summed E-state index contributed by atoms with van der Waals surface area (Å²) in [6.07, 6.45) is 0. The first-order valence-corrected chi connectivity index (χ1v) is 5.47. The number of rotatable bonds is 1. The largest absolute Gasteiger partial charge is 0.338 e. The van der Waals surface area contributed by atoms with Crippen LogP contribution < -0.4 is 5.73 Å². The highest BCUT2D eigenvalue weighted by Gasteiger charge is 2.54. The third kappa shape index (κ3) is 1.41. The van der Waals surface area contributed by atoms with Gasteiger partial charge in [0.2, 0.25) is 0 Å². The second-order valence-electron chi connectivity index (χ2n) is 4.63. The summed E-state index contributed by atoms with van der Waals surface area (Å²) in [5.74, 6) is 0.487. The maximum absolute atomic E-state index is 13.0. The zero-order valence-corrected chi connectivity index (χ0v) is 8.77. The lowest BCUT2D eigenvalue weighted by molar-refractivity contribution is 0.0773. The number of benzene rings is 1. The van der Waals surface area contributed by atoms with E-state index < -0.39 is 0 Å². The van der Waals surface area contributed by atoms with Crippen molar-refractivity contribution in [2.75, 3.05) is 13.1 Å². The molecule has 4 heteroatoms. The van der Waals surface area contributed by atoms with Crippen molar-refractivity contribution in [1.29, 1.82) is 0 Å². The van der Waals surface area contributed by atoms with Gasteiger partial charge in [-0.1, -0.05) is 6.07 Å². The smallest absolute Gasteiger partial charge is 0.253 e. The van der Waals surface area contributed by atoms with Crippen molar-refractivity contribution in [3.63, 3.8) is 0 Å². The molecule has 1 aromatic rings. The Morgan fingerprint density at radius 2 is 2.06 bits per heavy atom. The van der Waals surface area contributed by atoms with Gasteiger partial charge < -0.3 is 10.6 Å². The van der Waals surface area contributed by atoms with E-state index in [9.17, 15) is 9.18 Å². The van der Waals surface area contributed by atoms with E-state index in [4.69, 9.17) is 5.73 Å². The van der Waals surface area contributed by atoms with Gasteiger partial charge in [0.05, 0.1) is 0 Å². The van der Waals surface area contributed by atoms with Gasteiger partial charge in [-0.2, -0.15) is 0 Å². The summed E-state index contributed by atoms with van der Waals surface area (Å²) in [6, 6.07) is 6.11. The zero-order chi connectivity index (χ0) is 11.3. The topological polar surface area (TPSA) is 46.3 Å². The number of halogens is 1. The van der Waals surface area contributed by atoms with E-state index in [-0.39, 0.29) is 17.8 Å². The molecule has 0 bridgehead atoms. The second kappa shape index (κ2) is 3.28. The van der Waals surface area contributed by atoms with Gasteiger partial charge in [-0.05, 0) is 30.0 Å². The molecule has 0 spiro atoms. The highest BCUT2D eigenvalue weighted by molar-refractivity contribution is 5.94. The number of carbonyl (C=O) groups excluding carboxylic acids is 1. The molecular formula is C12H13FN2O. The van der Waals surface area contributed by atoms with E-state index in [1.807, 2.05) is 0 Å². The Hall–Kier alpha value is -1.42. The van der Waals surface area contributed by atoms with Crippen molar-refractivity contribution < 1.29 is 9.18 Å². The summed E-state index contributed by atoms with van der Waals surface area (Å²) in [7, 11) is 0. The van der Waals surface area contributed by atoms with E-state index in [2.05, 4.69) is 0 Å². The predicted molar refractivity (Wildman–Crippen MR) is 57.3 cm³/mol. The quantitative estimate of drug-likeness (QED) is 0.762. The van der Waals surface area contributed by atoms with Gasteiger partial charge in [0.15, 0.2) is 0 Å². The van der Waals surface area contributed by atoms with Crippen LogP contribution in [0.5, 0.6) is 0 Å².